The monoisotopic (exact) mass is 232 g/mol. The van der Waals surface area contributed by atoms with E-state index in [1.54, 1.807) is 11.8 Å². The fraction of sp³-hybridized carbons (Fsp3) is 0.308. The van der Waals surface area contributed by atoms with Crippen molar-refractivity contribution in [3.05, 3.63) is 41.6 Å². The van der Waals surface area contributed by atoms with Gasteiger partial charge in [-0.05, 0) is 30.0 Å². The highest BCUT2D eigenvalue weighted by molar-refractivity contribution is 7.99. The van der Waals surface area contributed by atoms with Gasteiger partial charge in [0.05, 0.1) is 0 Å². The van der Waals surface area contributed by atoms with Crippen LogP contribution in [-0.2, 0) is 12.8 Å². The lowest BCUT2D eigenvalue weighted by atomic mass is 10.1. The zero-order valence-electron chi connectivity index (χ0n) is 9.66. The van der Waals surface area contributed by atoms with Crippen molar-refractivity contribution >= 4 is 11.8 Å². The van der Waals surface area contributed by atoms with Crippen LogP contribution >= 0.6 is 11.8 Å². The summed E-state index contributed by atoms with van der Waals surface area (Å²) in [5, 5.41) is 8.09. The van der Waals surface area contributed by atoms with Crippen molar-refractivity contribution in [2.75, 3.05) is 0 Å². The number of rotatable bonds is 4. The van der Waals surface area contributed by atoms with Crippen molar-refractivity contribution in [1.82, 2.24) is 10.2 Å². The number of hydrogen-bond acceptors (Lipinski definition) is 2. The molecule has 1 aromatic carbocycles. The summed E-state index contributed by atoms with van der Waals surface area (Å²) in [5.74, 6) is 0. The van der Waals surface area contributed by atoms with Gasteiger partial charge in [-0.15, -0.1) is 0 Å². The molecular weight excluding hydrogens is 216 g/mol. The number of aryl methyl sites for hydroxylation is 2. The van der Waals surface area contributed by atoms with Crippen LogP contribution in [0.3, 0.4) is 0 Å². The molecule has 0 radical (unpaired) electrons. The molecule has 0 saturated carbocycles. The molecule has 0 aliphatic rings. The lowest BCUT2D eigenvalue weighted by Gasteiger charge is -2.10. The summed E-state index contributed by atoms with van der Waals surface area (Å²) in [6.45, 7) is 4.40. The second kappa shape index (κ2) is 5.21. The Balaban J connectivity index is 2.37. The first-order valence-corrected chi connectivity index (χ1v) is 6.45. The first-order valence-electron chi connectivity index (χ1n) is 5.63. The standard InChI is InChI=1S/C13H16N2S/c1-3-10-6-5-7-11(4-2)13(10)16-12-8-9-14-15-12/h5-9H,3-4H2,1-2H3,(H,14,15). The molecule has 2 nitrogen and oxygen atoms in total. The highest BCUT2D eigenvalue weighted by Crippen LogP contribution is 2.32. The van der Waals surface area contributed by atoms with E-state index in [-0.39, 0.29) is 0 Å². The molecule has 16 heavy (non-hydrogen) atoms. The van der Waals surface area contributed by atoms with Crippen molar-refractivity contribution in [2.45, 2.75) is 36.6 Å². The van der Waals surface area contributed by atoms with Gasteiger partial charge in [0.15, 0.2) is 0 Å². The average Bonchev–Trinajstić information content (AvgIpc) is 2.82. The number of hydrogen-bond donors (Lipinski definition) is 1. The van der Waals surface area contributed by atoms with Crippen LogP contribution in [0.5, 0.6) is 0 Å². The molecule has 0 amide bonds. The SMILES string of the molecule is CCc1cccc(CC)c1Sc1cc[nH]n1. The van der Waals surface area contributed by atoms with Gasteiger partial charge in [-0.3, -0.25) is 5.10 Å². The number of nitrogens with one attached hydrogen (secondary N) is 1. The van der Waals surface area contributed by atoms with E-state index in [0.29, 0.717) is 0 Å². The van der Waals surface area contributed by atoms with Gasteiger partial charge in [0.1, 0.15) is 5.03 Å². The quantitative estimate of drug-likeness (QED) is 0.871. The minimum Gasteiger partial charge on any atom is -0.285 e. The summed E-state index contributed by atoms with van der Waals surface area (Å²) in [6.07, 6.45) is 4.00. The molecule has 2 rings (SSSR count). The Morgan fingerprint density at radius 2 is 1.81 bits per heavy atom. The maximum absolute atomic E-state index is 4.20. The minimum absolute atomic E-state index is 1.04. The first-order chi connectivity index (χ1) is 7.85. The Morgan fingerprint density at radius 3 is 2.31 bits per heavy atom. The molecular formula is C13H16N2S. The average molecular weight is 232 g/mol. The predicted octanol–water partition coefficient (Wildman–Crippen LogP) is 3.69. The first kappa shape index (κ1) is 11.3. The Labute approximate surface area is 100 Å². The highest BCUT2D eigenvalue weighted by Gasteiger charge is 2.08. The molecule has 1 aromatic heterocycles. The molecule has 1 heterocycles. The summed E-state index contributed by atoms with van der Waals surface area (Å²) in [4.78, 5) is 1.37. The topological polar surface area (TPSA) is 28.7 Å². The van der Waals surface area contributed by atoms with Crippen molar-refractivity contribution in [1.29, 1.82) is 0 Å². The van der Waals surface area contributed by atoms with Crippen LogP contribution in [0, 0.1) is 0 Å². The molecule has 0 fully saturated rings. The van der Waals surface area contributed by atoms with Gasteiger partial charge in [0.2, 0.25) is 0 Å². The summed E-state index contributed by atoms with van der Waals surface area (Å²) in [7, 11) is 0. The Bertz CT molecular complexity index is 427. The molecule has 0 saturated heterocycles. The number of benzene rings is 1. The largest absolute Gasteiger partial charge is 0.285 e. The van der Waals surface area contributed by atoms with Crippen molar-refractivity contribution in [3.8, 4) is 0 Å². The lowest BCUT2D eigenvalue weighted by molar-refractivity contribution is 0.984. The molecule has 2 aromatic rings. The summed E-state index contributed by atoms with van der Waals surface area (Å²) in [6, 6.07) is 8.56. The van der Waals surface area contributed by atoms with Gasteiger partial charge in [0.25, 0.3) is 0 Å². The second-order valence-corrected chi connectivity index (χ2v) is 4.66. The van der Waals surface area contributed by atoms with Crippen LogP contribution in [0.15, 0.2) is 40.4 Å². The van der Waals surface area contributed by atoms with Crippen molar-refractivity contribution in [3.63, 3.8) is 0 Å². The summed E-state index contributed by atoms with van der Waals surface area (Å²) < 4.78 is 0. The van der Waals surface area contributed by atoms with Gasteiger partial charge >= 0.3 is 0 Å². The van der Waals surface area contributed by atoms with Crippen LogP contribution in [0.1, 0.15) is 25.0 Å². The van der Waals surface area contributed by atoms with Crippen LogP contribution in [0.4, 0.5) is 0 Å². The summed E-state index contributed by atoms with van der Waals surface area (Å²) >= 11 is 1.75. The van der Waals surface area contributed by atoms with E-state index in [0.717, 1.165) is 17.9 Å². The molecule has 0 aliphatic carbocycles. The Hall–Kier alpha value is -1.22. The molecule has 84 valence electrons. The normalized spacial score (nSPS) is 10.6. The van der Waals surface area contributed by atoms with Crippen LogP contribution in [0.2, 0.25) is 0 Å². The summed E-state index contributed by atoms with van der Waals surface area (Å²) in [5.41, 5.74) is 2.82. The number of aromatic amines is 1. The third kappa shape index (κ3) is 2.30. The molecule has 0 unspecified atom stereocenters. The van der Waals surface area contributed by atoms with Crippen LogP contribution < -0.4 is 0 Å². The highest BCUT2D eigenvalue weighted by atomic mass is 32.2. The van der Waals surface area contributed by atoms with E-state index in [1.807, 2.05) is 12.3 Å². The fourth-order valence-electron chi connectivity index (χ4n) is 1.73. The van der Waals surface area contributed by atoms with E-state index in [1.165, 1.54) is 16.0 Å². The van der Waals surface area contributed by atoms with Crippen LogP contribution in [-0.4, -0.2) is 10.2 Å². The molecule has 1 N–H and O–H groups in total. The zero-order valence-corrected chi connectivity index (χ0v) is 10.5. The third-order valence-electron chi connectivity index (χ3n) is 2.62. The Kier molecular flexibility index (Phi) is 3.67. The maximum atomic E-state index is 4.20. The fourth-order valence-corrected chi connectivity index (χ4v) is 2.86. The molecule has 0 atom stereocenters. The predicted molar refractivity (Wildman–Crippen MR) is 67.9 cm³/mol. The van der Waals surface area contributed by atoms with Crippen molar-refractivity contribution in [2.24, 2.45) is 0 Å². The molecule has 0 bridgehead atoms. The zero-order chi connectivity index (χ0) is 11.4. The Morgan fingerprint density at radius 1 is 1.12 bits per heavy atom. The molecule has 0 aliphatic heterocycles. The number of H-pyrrole nitrogens is 1. The number of nitrogens with zero attached hydrogens (tertiary/aromatic N) is 1. The van der Waals surface area contributed by atoms with E-state index < -0.39 is 0 Å². The minimum atomic E-state index is 1.04. The van der Waals surface area contributed by atoms with E-state index in [2.05, 4.69) is 42.2 Å². The van der Waals surface area contributed by atoms with Crippen LogP contribution in [0.25, 0.3) is 0 Å². The van der Waals surface area contributed by atoms with Gasteiger partial charge in [-0.1, -0.05) is 43.8 Å². The van der Waals surface area contributed by atoms with E-state index in [9.17, 15) is 0 Å². The molecule has 0 spiro atoms. The van der Waals surface area contributed by atoms with Gasteiger partial charge in [-0.25, -0.2) is 0 Å². The smallest absolute Gasteiger partial charge is 0.123 e. The second-order valence-electron chi connectivity index (χ2n) is 3.63. The maximum Gasteiger partial charge on any atom is 0.123 e. The van der Waals surface area contributed by atoms with Gasteiger partial charge < -0.3 is 0 Å². The van der Waals surface area contributed by atoms with Gasteiger partial charge in [0, 0.05) is 11.1 Å². The van der Waals surface area contributed by atoms with Gasteiger partial charge in [-0.2, -0.15) is 5.10 Å². The third-order valence-corrected chi connectivity index (χ3v) is 3.79. The molecule has 3 heteroatoms. The van der Waals surface area contributed by atoms with E-state index >= 15 is 0 Å². The number of aromatic nitrogens is 2. The van der Waals surface area contributed by atoms with E-state index in [4.69, 9.17) is 0 Å². The van der Waals surface area contributed by atoms with Crippen molar-refractivity contribution < 1.29 is 0 Å². The lowest BCUT2D eigenvalue weighted by Crippen LogP contribution is -1.92.